The highest BCUT2D eigenvalue weighted by atomic mass is 15.3. The zero-order valence-corrected chi connectivity index (χ0v) is 12.2. The first-order chi connectivity index (χ1) is 10.0. The number of anilines is 1. The number of aryl methyl sites for hydroxylation is 3. The van der Waals surface area contributed by atoms with E-state index < -0.39 is 0 Å². The van der Waals surface area contributed by atoms with Crippen LogP contribution in [-0.4, -0.2) is 14.8 Å². The summed E-state index contributed by atoms with van der Waals surface area (Å²) in [6, 6.07) is 8.19. The van der Waals surface area contributed by atoms with Crippen molar-refractivity contribution >= 4 is 16.7 Å². The molecule has 21 heavy (non-hydrogen) atoms. The van der Waals surface area contributed by atoms with Crippen LogP contribution in [0.1, 0.15) is 22.3 Å². The van der Waals surface area contributed by atoms with Crippen LogP contribution in [0.5, 0.6) is 0 Å². The lowest BCUT2D eigenvalue weighted by Crippen LogP contribution is -2.06. The van der Waals surface area contributed by atoms with Gasteiger partial charge in [0.1, 0.15) is 17.5 Å². The summed E-state index contributed by atoms with van der Waals surface area (Å²) in [6.45, 7) is 6.15. The van der Waals surface area contributed by atoms with Crippen molar-refractivity contribution in [1.29, 1.82) is 5.26 Å². The Morgan fingerprint density at radius 3 is 2.57 bits per heavy atom. The minimum Gasteiger partial charge on any atom is -0.382 e. The van der Waals surface area contributed by atoms with Crippen LogP contribution >= 0.6 is 0 Å². The first-order valence-corrected chi connectivity index (χ1v) is 6.64. The summed E-state index contributed by atoms with van der Waals surface area (Å²) in [6.07, 6.45) is 1.46. The number of nitrogens with two attached hydrogens (primary N) is 1. The summed E-state index contributed by atoms with van der Waals surface area (Å²) >= 11 is 0. The van der Waals surface area contributed by atoms with Crippen molar-refractivity contribution in [3.8, 4) is 11.9 Å². The van der Waals surface area contributed by atoms with E-state index in [0.29, 0.717) is 17.2 Å². The van der Waals surface area contributed by atoms with Gasteiger partial charge in [0.15, 0.2) is 5.82 Å². The Kier molecular flexibility index (Phi) is 2.88. The monoisotopic (exact) mass is 277 g/mol. The highest BCUT2D eigenvalue weighted by Crippen LogP contribution is 2.25. The summed E-state index contributed by atoms with van der Waals surface area (Å²) < 4.78 is 1.50. The fraction of sp³-hybridized carbons (Fsp3) is 0.188. The first-order valence-electron chi connectivity index (χ1n) is 6.64. The minimum atomic E-state index is 0.313. The van der Waals surface area contributed by atoms with Crippen molar-refractivity contribution in [3.63, 3.8) is 0 Å². The fourth-order valence-electron chi connectivity index (χ4n) is 2.56. The summed E-state index contributed by atoms with van der Waals surface area (Å²) in [5, 5.41) is 14.3. The van der Waals surface area contributed by atoms with Gasteiger partial charge in [0.2, 0.25) is 0 Å². The quantitative estimate of drug-likeness (QED) is 0.741. The van der Waals surface area contributed by atoms with E-state index in [1.165, 1.54) is 16.4 Å². The molecule has 0 spiro atoms. The van der Waals surface area contributed by atoms with Gasteiger partial charge in [0.05, 0.1) is 11.7 Å². The van der Waals surface area contributed by atoms with Gasteiger partial charge in [-0.25, -0.2) is 4.98 Å². The maximum atomic E-state index is 8.98. The molecule has 5 nitrogen and oxygen atoms in total. The van der Waals surface area contributed by atoms with E-state index in [0.717, 1.165) is 22.0 Å². The predicted molar refractivity (Wildman–Crippen MR) is 82.2 cm³/mol. The molecule has 0 amide bonds. The average molecular weight is 277 g/mol. The molecule has 104 valence electrons. The zero-order chi connectivity index (χ0) is 15.1. The molecule has 0 unspecified atom stereocenters. The van der Waals surface area contributed by atoms with Crippen LogP contribution in [0.2, 0.25) is 0 Å². The molecular weight excluding hydrogens is 262 g/mol. The van der Waals surface area contributed by atoms with E-state index in [1.54, 1.807) is 0 Å². The third-order valence-electron chi connectivity index (χ3n) is 3.59. The summed E-state index contributed by atoms with van der Waals surface area (Å²) in [5.41, 5.74) is 10.7. The number of benzene rings is 1. The van der Waals surface area contributed by atoms with Crippen molar-refractivity contribution in [2.45, 2.75) is 20.8 Å². The smallest absolute Gasteiger partial charge is 0.156 e. The number of hydrogen-bond donors (Lipinski definition) is 1. The molecule has 3 rings (SSSR count). The van der Waals surface area contributed by atoms with Crippen LogP contribution < -0.4 is 5.73 Å². The number of rotatable bonds is 1. The van der Waals surface area contributed by atoms with Crippen LogP contribution in [0, 0.1) is 32.1 Å². The number of nitrogens with zero attached hydrogens (tertiary/aromatic N) is 4. The number of hydrogen-bond acceptors (Lipinski definition) is 4. The van der Waals surface area contributed by atoms with Crippen molar-refractivity contribution in [3.05, 3.63) is 46.6 Å². The molecule has 0 fully saturated rings. The molecule has 0 aliphatic heterocycles. The Labute approximate surface area is 122 Å². The average Bonchev–Trinajstić information content (AvgIpc) is 2.81. The van der Waals surface area contributed by atoms with Crippen molar-refractivity contribution in [2.75, 3.05) is 5.73 Å². The third kappa shape index (κ3) is 2.01. The van der Waals surface area contributed by atoms with Gasteiger partial charge >= 0.3 is 0 Å². The van der Waals surface area contributed by atoms with E-state index in [1.807, 2.05) is 26.0 Å². The number of pyridine rings is 1. The predicted octanol–water partition coefficient (Wildman–Crippen LogP) is 2.80. The van der Waals surface area contributed by atoms with Gasteiger partial charge in [-0.05, 0) is 44.0 Å². The van der Waals surface area contributed by atoms with E-state index in [9.17, 15) is 0 Å². The van der Waals surface area contributed by atoms with Gasteiger partial charge in [-0.3, -0.25) is 0 Å². The van der Waals surface area contributed by atoms with Crippen LogP contribution in [0.4, 0.5) is 5.82 Å². The molecule has 0 saturated carbocycles. The molecule has 3 aromatic rings. The molecule has 0 saturated heterocycles. The van der Waals surface area contributed by atoms with Gasteiger partial charge in [-0.1, -0.05) is 11.6 Å². The molecule has 2 N–H and O–H groups in total. The van der Waals surface area contributed by atoms with Crippen LogP contribution in [0.3, 0.4) is 0 Å². The van der Waals surface area contributed by atoms with Gasteiger partial charge in [0, 0.05) is 5.39 Å². The van der Waals surface area contributed by atoms with Crippen molar-refractivity contribution in [1.82, 2.24) is 14.8 Å². The minimum absolute atomic E-state index is 0.313. The maximum Gasteiger partial charge on any atom is 0.156 e. The highest BCUT2D eigenvalue weighted by Gasteiger charge is 2.12. The van der Waals surface area contributed by atoms with Gasteiger partial charge in [-0.15, -0.1) is 0 Å². The Morgan fingerprint density at radius 1 is 1.14 bits per heavy atom. The van der Waals surface area contributed by atoms with Gasteiger partial charge < -0.3 is 5.73 Å². The SMILES string of the molecule is Cc1cc(C)c2nc(-n3ncc(C#N)c3N)cc(C)c2c1. The summed E-state index contributed by atoms with van der Waals surface area (Å²) in [7, 11) is 0. The molecular formula is C16H15N5. The fourth-order valence-corrected chi connectivity index (χ4v) is 2.56. The van der Waals surface area contributed by atoms with E-state index in [4.69, 9.17) is 11.0 Å². The number of aromatic nitrogens is 3. The Hall–Kier alpha value is -2.87. The summed E-state index contributed by atoms with van der Waals surface area (Å²) in [5.74, 6) is 0.944. The van der Waals surface area contributed by atoms with Crippen LogP contribution in [0.15, 0.2) is 24.4 Å². The van der Waals surface area contributed by atoms with Crippen molar-refractivity contribution in [2.24, 2.45) is 0 Å². The van der Waals surface area contributed by atoms with E-state index in [2.05, 4.69) is 29.1 Å². The number of nitriles is 1. The molecule has 0 aliphatic carbocycles. The molecule has 0 atom stereocenters. The number of fused-ring (bicyclic) bond motifs is 1. The number of nitrogen functional groups attached to an aromatic ring is 1. The zero-order valence-electron chi connectivity index (χ0n) is 12.2. The standard InChI is InChI=1S/C16H15N5/c1-9-4-11(3)15-13(5-9)10(2)6-14(20-15)21-16(18)12(7-17)8-19-21/h4-6,8H,18H2,1-3H3. The molecule has 0 radical (unpaired) electrons. The van der Waals surface area contributed by atoms with Gasteiger partial charge in [0.25, 0.3) is 0 Å². The Bertz CT molecular complexity index is 899. The lowest BCUT2D eigenvalue weighted by atomic mass is 10.0. The lowest BCUT2D eigenvalue weighted by molar-refractivity contribution is 0.861. The third-order valence-corrected chi connectivity index (χ3v) is 3.59. The second-order valence-corrected chi connectivity index (χ2v) is 5.24. The molecule has 2 heterocycles. The normalized spacial score (nSPS) is 10.8. The molecule has 1 aromatic carbocycles. The van der Waals surface area contributed by atoms with Gasteiger partial charge in [-0.2, -0.15) is 15.0 Å². The first kappa shape index (κ1) is 13.1. The van der Waals surface area contributed by atoms with E-state index in [-0.39, 0.29) is 0 Å². The Morgan fingerprint density at radius 2 is 1.90 bits per heavy atom. The topological polar surface area (TPSA) is 80.5 Å². The van der Waals surface area contributed by atoms with Crippen molar-refractivity contribution < 1.29 is 0 Å². The molecule has 0 bridgehead atoms. The van der Waals surface area contributed by atoms with Crippen LogP contribution in [-0.2, 0) is 0 Å². The summed E-state index contributed by atoms with van der Waals surface area (Å²) in [4.78, 5) is 4.67. The molecule has 5 heteroatoms. The lowest BCUT2D eigenvalue weighted by Gasteiger charge is -2.10. The largest absolute Gasteiger partial charge is 0.382 e. The molecule has 0 aliphatic rings. The highest BCUT2D eigenvalue weighted by molar-refractivity contribution is 5.86. The second-order valence-electron chi connectivity index (χ2n) is 5.24. The molecule has 2 aromatic heterocycles. The van der Waals surface area contributed by atoms with Crippen LogP contribution in [0.25, 0.3) is 16.7 Å². The maximum absolute atomic E-state index is 8.98. The second kappa shape index (κ2) is 4.60. The van der Waals surface area contributed by atoms with E-state index >= 15 is 0 Å². The Balaban J connectivity index is 2.30.